The first-order valence-corrected chi connectivity index (χ1v) is 6.13. The van der Waals surface area contributed by atoms with E-state index in [1.807, 2.05) is 12.1 Å². The van der Waals surface area contributed by atoms with E-state index < -0.39 is 0 Å². The van der Waals surface area contributed by atoms with Gasteiger partial charge in [-0.05, 0) is 24.6 Å². The molecule has 4 heteroatoms. The molecule has 0 aliphatic rings. The summed E-state index contributed by atoms with van der Waals surface area (Å²) in [7, 11) is 0. The number of thiazole rings is 1. The zero-order valence-corrected chi connectivity index (χ0v) is 10.2. The smallest absolute Gasteiger partial charge is 0.111 e. The molecule has 0 fully saturated rings. The summed E-state index contributed by atoms with van der Waals surface area (Å²) in [6.45, 7) is 2.08. The summed E-state index contributed by atoms with van der Waals surface area (Å²) in [5.41, 5.74) is 6.97. The Kier molecular flexibility index (Phi) is 2.85. The lowest BCUT2D eigenvalue weighted by atomic mass is 10.2. The number of nitrogens with two attached hydrogens (primary N) is 1. The average Bonchev–Trinajstić information content (AvgIpc) is 2.59. The van der Waals surface area contributed by atoms with E-state index in [0.717, 1.165) is 21.4 Å². The number of halogens is 1. The third kappa shape index (κ3) is 1.82. The molecule has 0 saturated heterocycles. The van der Waals surface area contributed by atoms with Gasteiger partial charge in [-0.2, -0.15) is 0 Å². The van der Waals surface area contributed by atoms with Crippen molar-refractivity contribution >= 4 is 37.5 Å². The number of hydrogen-bond acceptors (Lipinski definition) is 3. The molecular weight excluding hydrogens is 260 g/mol. The highest BCUT2D eigenvalue weighted by atomic mass is 79.9. The maximum Gasteiger partial charge on any atom is 0.111 e. The van der Waals surface area contributed by atoms with E-state index in [2.05, 4.69) is 33.9 Å². The van der Waals surface area contributed by atoms with E-state index >= 15 is 0 Å². The van der Waals surface area contributed by atoms with Crippen LogP contribution in [0.1, 0.15) is 24.4 Å². The van der Waals surface area contributed by atoms with Gasteiger partial charge in [0, 0.05) is 4.47 Å². The first kappa shape index (κ1) is 10.1. The van der Waals surface area contributed by atoms with Gasteiger partial charge in [-0.1, -0.05) is 22.9 Å². The lowest BCUT2D eigenvalue weighted by molar-refractivity contribution is 0.694. The molecule has 0 amide bonds. The molecule has 74 valence electrons. The minimum Gasteiger partial charge on any atom is -0.322 e. The molecule has 2 rings (SSSR count). The van der Waals surface area contributed by atoms with Gasteiger partial charge < -0.3 is 5.73 Å². The molecule has 0 aliphatic heterocycles. The third-order valence-electron chi connectivity index (χ3n) is 2.12. The minimum absolute atomic E-state index is 0.0752. The van der Waals surface area contributed by atoms with Gasteiger partial charge in [-0.3, -0.25) is 0 Å². The second-order valence-corrected chi connectivity index (χ2v) is 5.16. The monoisotopic (exact) mass is 270 g/mol. The molecular formula is C10H11BrN2S. The highest BCUT2D eigenvalue weighted by molar-refractivity contribution is 9.10. The number of hydrogen-bond donors (Lipinski definition) is 1. The second-order valence-electron chi connectivity index (χ2n) is 3.18. The van der Waals surface area contributed by atoms with Crippen LogP contribution in [0.3, 0.4) is 0 Å². The second kappa shape index (κ2) is 3.96. The van der Waals surface area contributed by atoms with E-state index in [1.165, 1.54) is 4.70 Å². The summed E-state index contributed by atoms with van der Waals surface area (Å²) in [5, 5.41) is 1.03. The van der Waals surface area contributed by atoms with Crippen LogP contribution in [0.5, 0.6) is 0 Å². The van der Waals surface area contributed by atoms with Gasteiger partial charge in [0.25, 0.3) is 0 Å². The molecule has 14 heavy (non-hydrogen) atoms. The minimum atomic E-state index is 0.0752. The van der Waals surface area contributed by atoms with Crippen LogP contribution < -0.4 is 5.73 Å². The molecule has 0 saturated carbocycles. The van der Waals surface area contributed by atoms with Crippen molar-refractivity contribution in [2.24, 2.45) is 5.73 Å². The van der Waals surface area contributed by atoms with Gasteiger partial charge in [0.05, 0.1) is 16.3 Å². The van der Waals surface area contributed by atoms with Gasteiger partial charge in [0.15, 0.2) is 0 Å². The third-order valence-corrected chi connectivity index (χ3v) is 3.77. The standard InChI is InChI=1S/C10H11BrN2S/c1-2-7(12)10-13-8-4-3-6(11)5-9(8)14-10/h3-5,7H,2,12H2,1H3. The molecule has 1 atom stereocenters. The normalized spacial score (nSPS) is 13.4. The predicted molar refractivity (Wildman–Crippen MR) is 64.5 cm³/mol. The van der Waals surface area contributed by atoms with Crippen molar-refractivity contribution in [3.63, 3.8) is 0 Å². The van der Waals surface area contributed by atoms with Crippen LogP contribution in [0.2, 0.25) is 0 Å². The fraction of sp³-hybridized carbons (Fsp3) is 0.300. The van der Waals surface area contributed by atoms with Crippen LogP contribution in [0.4, 0.5) is 0 Å². The highest BCUT2D eigenvalue weighted by Crippen LogP contribution is 2.28. The Bertz CT molecular complexity index is 452. The van der Waals surface area contributed by atoms with Crippen molar-refractivity contribution < 1.29 is 0 Å². The molecule has 1 heterocycles. The number of aromatic nitrogens is 1. The fourth-order valence-electron chi connectivity index (χ4n) is 1.25. The molecule has 0 bridgehead atoms. The SMILES string of the molecule is CCC(N)c1nc2ccc(Br)cc2s1. The summed E-state index contributed by atoms with van der Waals surface area (Å²) in [4.78, 5) is 4.50. The summed E-state index contributed by atoms with van der Waals surface area (Å²) >= 11 is 5.12. The van der Waals surface area contributed by atoms with Crippen molar-refractivity contribution in [2.45, 2.75) is 19.4 Å². The van der Waals surface area contributed by atoms with Crippen LogP contribution >= 0.6 is 27.3 Å². The Balaban J connectivity index is 2.51. The molecule has 2 N–H and O–H groups in total. The Morgan fingerprint density at radius 3 is 3.07 bits per heavy atom. The molecule has 1 unspecified atom stereocenters. The van der Waals surface area contributed by atoms with Crippen molar-refractivity contribution in [3.8, 4) is 0 Å². The fourth-order valence-corrected chi connectivity index (χ4v) is 2.85. The lowest BCUT2D eigenvalue weighted by Crippen LogP contribution is -2.07. The van der Waals surface area contributed by atoms with E-state index in [4.69, 9.17) is 5.73 Å². The van der Waals surface area contributed by atoms with E-state index in [0.29, 0.717) is 0 Å². The van der Waals surface area contributed by atoms with Crippen molar-refractivity contribution in [3.05, 3.63) is 27.7 Å². The maximum absolute atomic E-state index is 5.93. The lowest BCUT2D eigenvalue weighted by Gasteiger charge is -2.01. The summed E-state index contributed by atoms with van der Waals surface area (Å²) in [5.74, 6) is 0. The van der Waals surface area contributed by atoms with Gasteiger partial charge in [0.2, 0.25) is 0 Å². The Labute approximate surface area is 95.3 Å². The zero-order valence-electron chi connectivity index (χ0n) is 7.83. The average molecular weight is 271 g/mol. The van der Waals surface area contributed by atoms with Crippen molar-refractivity contribution in [1.82, 2.24) is 4.98 Å². The maximum atomic E-state index is 5.93. The van der Waals surface area contributed by atoms with Gasteiger partial charge in [-0.15, -0.1) is 11.3 Å². The van der Waals surface area contributed by atoms with Crippen LogP contribution in [-0.2, 0) is 0 Å². The van der Waals surface area contributed by atoms with E-state index in [1.54, 1.807) is 11.3 Å². The quantitative estimate of drug-likeness (QED) is 0.908. The molecule has 1 aromatic heterocycles. The number of benzene rings is 1. The van der Waals surface area contributed by atoms with Crippen molar-refractivity contribution in [2.75, 3.05) is 0 Å². The number of fused-ring (bicyclic) bond motifs is 1. The predicted octanol–water partition coefficient (Wildman–Crippen LogP) is 3.47. The van der Waals surface area contributed by atoms with Gasteiger partial charge in [-0.25, -0.2) is 4.98 Å². The van der Waals surface area contributed by atoms with Gasteiger partial charge >= 0.3 is 0 Å². The van der Waals surface area contributed by atoms with Gasteiger partial charge in [0.1, 0.15) is 5.01 Å². The number of nitrogens with zero attached hydrogens (tertiary/aromatic N) is 1. The zero-order chi connectivity index (χ0) is 10.1. The molecule has 2 nitrogen and oxygen atoms in total. The molecule has 2 aromatic rings. The van der Waals surface area contributed by atoms with Crippen LogP contribution in [0.25, 0.3) is 10.2 Å². The van der Waals surface area contributed by atoms with E-state index in [9.17, 15) is 0 Å². The Morgan fingerprint density at radius 2 is 2.36 bits per heavy atom. The first-order valence-electron chi connectivity index (χ1n) is 4.52. The van der Waals surface area contributed by atoms with Crippen LogP contribution in [-0.4, -0.2) is 4.98 Å². The highest BCUT2D eigenvalue weighted by Gasteiger charge is 2.09. The van der Waals surface area contributed by atoms with Crippen LogP contribution in [0, 0.1) is 0 Å². The summed E-state index contributed by atoms with van der Waals surface area (Å²) in [6, 6.07) is 6.18. The summed E-state index contributed by atoms with van der Waals surface area (Å²) < 4.78 is 2.28. The summed E-state index contributed by atoms with van der Waals surface area (Å²) in [6.07, 6.45) is 0.932. The number of rotatable bonds is 2. The topological polar surface area (TPSA) is 38.9 Å². The Morgan fingerprint density at radius 1 is 1.57 bits per heavy atom. The molecule has 0 spiro atoms. The van der Waals surface area contributed by atoms with E-state index in [-0.39, 0.29) is 6.04 Å². The molecule has 1 aromatic carbocycles. The first-order chi connectivity index (χ1) is 6.70. The van der Waals surface area contributed by atoms with Crippen molar-refractivity contribution in [1.29, 1.82) is 0 Å². The largest absolute Gasteiger partial charge is 0.322 e. The van der Waals surface area contributed by atoms with Crippen LogP contribution in [0.15, 0.2) is 22.7 Å². The molecule has 0 radical (unpaired) electrons. The Hall–Kier alpha value is -0.450. The molecule has 0 aliphatic carbocycles.